The van der Waals surface area contributed by atoms with Crippen molar-refractivity contribution >= 4 is 0 Å². The maximum absolute atomic E-state index is 6.25. The van der Waals surface area contributed by atoms with E-state index in [0.717, 1.165) is 19.1 Å². The average molecular weight is 197 g/mol. The number of hydrogen-bond acceptors (Lipinski definition) is 2. The normalized spacial score (nSPS) is 31.9. The zero-order chi connectivity index (χ0) is 9.80. The quantitative estimate of drug-likeness (QED) is 0.753. The molecule has 0 aromatic rings. The Labute approximate surface area is 87.2 Å². The molecule has 2 N–H and O–H groups in total. The van der Waals surface area contributed by atoms with Crippen molar-refractivity contribution in [2.45, 2.75) is 51.0 Å². The molecule has 1 heterocycles. The summed E-state index contributed by atoms with van der Waals surface area (Å²) in [5.41, 5.74) is 6.25. The summed E-state index contributed by atoms with van der Waals surface area (Å²) in [4.78, 5) is 0. The summed E-state index contributed by atoms with van der Waals surface area (Å²) in [6.45, 7) is 1.86. The van der Waals surface area contributed by atoms with Gasteiger partial charge in [-0.05, 0) is 31.1 Å². The fourth-order valence-electron chi connectivity index (χ4n) is 2.93. The van der Waals surface area contributed by atoms with E-state index < -0.39 is 0 Å². The van der Waals surface area contributed by atoms with Crippen LogP contribution in [0.2, 0.25) is 0 Å². The lowest BCUT2D eigenvalue weighted by atomic mass is 9.87. The van der Waals surface area contributed by atoms with E-state index in [-0.39, 0.29) is 0 Å². The van der Waals surface area contributed by atoms with Crippen LogP contribution in [0.5, 0.6) is 0 Å². The van der Waals surface area contributed by atoms with E-state index >= 15 is 0 Å². The monoisotopic (exact) mass is 197 g/mol. The molecule has 14 heavy (non-hydrogen) atoms. The van der Waals surface area contributed by atoms with E-state index in [1.807, 2.05) is 0 Å². The van der Waals surface area contributed by atoms with Gasteiger partial charge in [-0.2, -0.15) is 0 Å². The third-order valence-corrected chi connectivity index (χ3v) is 3.88. The van der Waals surface area contributed by atoms with Crippen LogP contribution in [0.3, 0.4) is 0 Å². The topological polar surface area (TPSA) is 35.2 Å². The molecule has 2 fully saturated rings. The van der Waals surface area contributed by atoms with Crippen LogP contribution < -0.4 is 5.73 Å². The molecule has 0 bridgehead atoms. The van der Waals surface area contributed by atoms with Gasteiger partial charge in [0.15, 0.2) is 0 Å². The molecule has 2 aliphatic rings. The Hall–Kier alpha value is -0.0800. The van der Waals surface area contributed by atoms with Crippen LogP contribution in [0.25, 0.3) is 0 Å². The van der Waals surface area contributed by atoms with Crippen LogP contribution in [0.1, 0.15) is 44.9 Å². The van der Waals surface area contributed by atoms with E-state index in [9.17, 15) is 0 Å². The van der Waals surface area contributed by atoms with E-state index in [1.54, 1.807) is 0 Å². The molecular formula is C12H23NO. The molecule has 2 unspecified atom stereocenters. The Morgan fingerprint density at radius 1 is 1.14 bits per heavy atom. The number of rotatable bonds is 3. The van der Waals surface area contributed by atoms with Gasteiger partial charge in [-0.3, -0.25) is 0 Å². The number of hydrogen-bond donors (Lipinski definition) is 1. The first-order valence-corrected chi connectivity index (χ1v) is 6.19. The van der Waals surface area contributed by atoms with Crippen molar-refractivity contribution in [2.75, 3.05) is 13.2 Å². The zero-order valence-electron chi connectivity index (χ0n) is 9.08. The molecule has 82 valence electrons. The van der Waals surface area contributed by atoms with Crippen LogP contribution >= 0.6 is 0 Å². The molecule has 2 heteroatoms. The Balaban J connectivity index is 1.72. The lowest BCUT2D eigenvalue weighted by Crippen LogP contribution is -2.37. The third kappa shape index (κ3) is 2.71. The third-order valence-electron chi connectivity index (χ3n) is 3.88. The van der Waals surface area contributed by atoms with E-state index in [1.165, 1.54) is 44.9 Å². The highest BCUT2D eigenvalue weighted by molar-refractivity contribution is 4.80. The minimum absolute atomic E-state index is 0.401. The lowest BCUT2D eigenvalue weighted by molar-refractivity contribution is 0.0416. The largest absolute Gasteiger partial charge is 0.381 e. The molecular weight excluding hydrogens is 174 g/mol. The predicted molar refractivity (Wildman–Crippen MR) is 58.1 cm³/mol. The van der Waals surface area contributed by atoms with Gasteiger partial charge in [-0.15, -0.1) is 0 Å². The van der Waals surface area contributed by atoms with Crippen molar-refractivity contribution in [3.8, 4) is 0 Å². The standard InChI is InChI=1S/C12H23NO/c13-12(8-10-4-1-2-5-10)11-6-3-7-14-9-11/h10-12H,1-9,13H2. The van der Waals surface area contributed by atoms with Gasteiger partial charge in [-0.25, -0.2) is 0 Å². The van der Waals surface area contributed by atoms with Gasteiger partial charge < -0.3 is 10.5 Å². The summed E-state index contributed by atoms with van der Waals surface area (Å²) in [6, 6.07) is 0.401. The first kappa shape index (κ1) is 10.4. The van der Waals surface area contributed by atoms with E-state index in [0.29, 0.717) is 12.0 Å². The summed E-state index contributed by atoms with van der Waals surface area (Å²) in [6.07, 6.45) is 9.44. The van der Waals surface area contributed by atoms with Crippen molar-refractivity contribution in [1.82, 2.24) is 0 Å². The van der Waals surface area contributed by atoms with Gasteiger partial charge in [0, 0.05) is 12.6 Å². The summed E-state index contributed by atoms with van der Waals surface area (Å²) >= 11 is 0. The first-order chi connectivity index (χ1) is 6.86. The van der Waals surface area contributed by atoms with Gasteiger partial charge in [0.05, 0.1) is 6.61 Å². The first-order valence-electron chi connectivity index (χ1n) is 6.19. The SMILES string of the molecule is NC(CC1CCCC1)C1CCCOC1. The van der Waals surface area contributed by atoms with Gasteiger partial charge in [0.2, 0.25) is 0 Å². The smallest absolute Gasteiger partial charge is 0.0509 e. The van der Waals surface area contributed by atoms with Crippen LogP contribution in [0.4, 0.5) is 0 Å². The Bertz CT molecular complexity index is 160. The molecule has 1 saturated carbocycles. The van der Waals surface area contributed by atoms with Crippen LogP contribution in [-0.4, -0.2) is 19.3 Å². The van der Waals surface area contributed by atoms with Gasteiger partial charge >= 0.3 is 0 Å². The highest BCUT2D eigenvalue weighted by Crippen LogP contribution is 2.30. The summed E-state index contributed by atoms with van der Waals surface area (Å²) in [5.74, 6) is 1.57. The molecule has 0 spiro atoms. The molecule has 2 nitrogen and oxygen atoms in total. The second-order valence-electron chi connectivity index (χ2n) is 5.03. The number of ether oxygens (including phenoxy) is 1. The molecule has 0 aromatic heterocycles. The van der Waals surface area contributed by atoms with Crippen molar-refractivity contribution in [2.24, 2.45) is 17.6 Å². The zero-order valence-corrected chi connectivity index (χ0v) is 9.08. The Kier molecular flexibility index (Phi) is 3.82. The summed E-state index contributed by atoms with van der Waals surface area (Å²) in [7, 11) is 0. The second kappa shape index (κ2) is 5.13. The van der Waals surface area contributed by atoms with E-state index in [2.05, 4.69) is 0 Å². The fraction of sp³-hybridized carbons (Fsp3) is 1.00. The highest BCUT2D eigenvalue weighted by Gasteiger charge is 2.25. The van der Waals surface area contributed by atoms with Gasteiger partial charge in [0.25, 0.3) is 0 Å². The molecule has 2 atom stereocenters. The van der Waals surface area contributed by atoms with Crippen molar-refractivity contribution in [3.63, 3.8) is 0 Å². The second-order valence-corrected chi connectivity index (χ2v) is 5.03. The Morgan fingerprint density at radius 2 is 1.93 bits per heavy atom. The van der Waals surface area contributed by atoms with Gasteiger partial charge in [-0.1, -0.05) is 25.7 Å². The van der Waals surface area contributed by atoms with Crippen LogP contribution in [0.15, 0.2) is 0 Å². The molecule has 0 amide bonds. The molecule has 2 rings (SSSR count). The molecule has 1 aliphatic carbocycles. The summed E-state index contributed by atoms with van der Waals surface area (Å²) < 4.78 is 5.49. The van der Waals surface area contributed by atoms with Crippen molar-refractivity contribution < 1.29 is 4.74 Å². The van der Waals surface area contributed by atoms with Crippen molar-refractivity contribution in [3.05, 3.63) is 0 Å². The molecule has 0 radical (unpaired) electrons. The van der Waals surface area contributed by atoms with Gasteiger partial charge in [0.1, 0.15) is 0 Å². The molecule has 1 aliphatic heterocycles. The molecule has 0 aromatic carbocycles. The lowest BCUT2D eigenvalue weighted by Gasteiger charge is -2.29. The van der Waals surface area contributed by atoms with E-state index in [4.69, 9.17) is 10.5 Å². The average Bonchev–Trinajstić information content (AvgIpc) is 2.72. The van der Waals surface area contributed by atoms with Crippen LogP contribution in [-0.2, 0) is 4.74 Å². The van der Waals surface area contributed by atoms with Crippen LogP contribution in [0, 0.1) is 11.8 Å². The summed E-state index contributed by atoms with van der Waals surface area (Å²) in [5, 5.41) is 0. The van der Waals surface area contributed by atoms with Crippen molar-refractivity contribution in [1.29, 1.82) is 0 Å². The molecule has 1 saturated heterocycles. The maximum Gasteiger partial charge on any atom is 0.0509 e. The minimum atomic E-state index is 0.401. The Morgan fingerprint density at radius 3 is 2.57 bits per heavy atom. The maximum atomic E-state index is 6.25. The number of nitrogens with two attached hydrogens (primary N) is 1. The minimum Gasteiger partial charge on any atom is -0.381 e. The highest BCUT2D eigenvalue weighted by atomic mass is 16.5. The predicted octanol–water partition coefficient (Wildman–Crippen LogP) is 2.32. The fourth-order valence-corrected chi connectivity index (χ4v) is 2.93.